The Morgan fingerprint density at radius 2 is 2.00 bits per heavy atom. The Labute approximate surface area is 111 Å². The second-order valence-corrected chi connectivity index (χ2v) is 4.51. The van der Waals surface area contributed by atoms with E-state index in [2.05, 4.69) is 9.47 Å². The van der Waals surface area contributed by atoms with Gasteiger partial charge < -0.3 is 9.47 Å². The van der Waals surface area contributed by atoms with Gasteiger partial charge in [0.05, 0.1) is 6.61 Å². The van der Waals surface area contributed by atoms with E-state index in [1.807, 2.05) is 20.8 Å². The van der Waals surface area contributed by atoms with Crippen LogP contribution in [0.5, 0.6) is 5.75 Å². The molecule has 5 heteroatoms. The fourth-order valence-electron chi connectivity index (χ4n) is 1.76. The van der Waals surface area contributed by atoms with Gasteiger partial charge in [-0.2, -0.15) is 8.78 Å². The fourth-order valence-corrected chi connectivity index (χ4v) is 1.76. The van der Waals surface area contributed by atoms with Gasteiger partial charge in [-0.05, 0) is 43.0 Å². The SMILES string of the molecule is CCOC(=O)C(F)(F)Oc1ccc(C(C)C)c(C)c1. The van der Waals surface area contributed by atoms with Crippen molar-refractivity contribution in [2.24, 2.45) is 0 Å². The second kappa shape index (κ2) is 5.99. The van der Waals surface area contributed by atoms with Gasteiger partial charge in [-0.3, -0.25) is 0 Å². The summed E-state index contributed by atoms with van der Waals surface area (Å²) >= 11 is 0. The van der Waals surface area contributed by atoms with Gasteiger partial charge in [-0.15, -0.1) is 0 Å². The number of benzene rings is 1. The van der Waals surface area contributed by atoms with Crippen molar-refractivity contribution in [1.82, 2.24) is 0 Å². The third kappa shape index (κ3) is 3.91. The highest BCUT2D eigenvalue weighted by molar-refractivity contribution is 5.76. The van der Waals surface area contributed by atoms with Crippen LogP contribution in [0.4, 0.5) is 8.78 Å². The van der Waals surface area contributed by atoms with Gasteiger partial charge >= 0.3 is 12.1 Å². The Kier molecular flexibility index (Phi) is 4.86. The predicted octanol–water partition coefficient (Wildman–Crippen LogP) is 3.65. The lowest BCUT2D eigenvalue weighted by molar-refractivity contribution is -0.216. The minimum Gasteiger partial charge on any atom is -0.459 e. The van der Waals surface area contributed by atoms with Crippen molar-refractivity contribution in [2.45, 2.75) is 39.7 Å². The minimum atomic E-state index is -3.97. The molecule has 0 aliphatic heterocycles. The summed E-state index contributed by atoms with van der Waals surface area (Å²) in [4.78, 5) is 11.0. The van der Waals surface area contributed by atoms with Crippen LogP contribution in [-0.2, 0) is 9.53 Å². The monoisotopic (exact) mass is 272 g/mol. The first-order chi connectivity index (χ1) is 8.77. The molecule has 1 aromatic carbocycles. The zero-order valence-electron chi connectivity index (χ0n) is 11.5. The van der Waals surface area contributed by atoms with Crippen LogP contribution in [-0.4, -0.2) is 18.7 Å². The molecule has 19 heavy (non-hydrogen) atoms. The Morgan fingerprint density at radius 1 is 1.37 bits per heavy atom. The number of hydrogen-bond donors (Lipinski definition) is 0. The van der Waals surface area contributed by atoms with Crippen molar-refractivity contribution in [3.63, 3.8) is 0 Å². The molecule has 1 rings (SSSR count). The maximum Gasteiger partial charge on any atom is 0.502 e. The number of alkyl halides is 2. The number of aryl methyl sites for hydroxylation is 1. The summed E-state index contributed by atoms with van der Waals surface area (Å²) in [5.41, 5.74) is 1.89. The summed E-state index contributed by atoms with van der Waals surface area (Å²) in [6.45, 7) is 7.16. The molecule has 0 amide bonds. The molecule has 0 saturated carbocycles. The van der Waals surface area contributed by atoms with E-state index < -0.39 is 12.1 Å². The molecule has 0 fully saturated rings. The molecule has 0 unspecified atom stereocenters. The van der Waals surface area contributed by atoms with Crippen LogP contribution >= 0.6 is 0 Å². The highest BCUT2D eigenvalue weighted by atomic mass is 19.3. The largest absolute Gasteiger partial charge is 0.502 e. The summed E-state index contributed by atoms with van der Waals surface area (Å²) < 4.78 is 35.4. The molecule has 0 heterocycles. The lowest BCUT2D eigenvalue weighted by atomic mass is 9.98. The second-order valence-electron chi connectivity index (χ2n) is 4.51. The summed E-state index contributed by atoms with van der Waals surface area (Å²) in [7, 11) is 0. The Hall–Kier alpha value is -1.65. The number of carbonyl (C=O) groups is 1. The predicted molar refractivity (Wildman–Crippen MR) is 67.5 cm³/mol. The normalized spacial score (nSPS) is 11.5. The van der Waals surface area contributed by atoms with Gasteiger partial charge in [-0.1, -0.05) is 19.9 Å². The minimum absolute atomic E-state index is 0.0556. The number of rotatable bonds is 5. The molecule has 0 saturated heterocycles. The fraction of sp³-hybridized carbons (Fsp3) is 0.500. The lowest BCUT2D eigenvalue weighted by Crippen LogP contribution is -2.36. The van der Waals surface area contributed by atoms with Crippen LogP contribution in [0.2, 0.25) is 0 Å². The molecule has 106 valence electrons. The summed E-state index contributed by atoms with van der Waals surface area (Å²) in [5, 5.41) is 0. The average Bonchev–Trinajstić information content (AvgIpc) is 2.28. The van der Waals surface area contributed by atoms with E-state index >= 15 is 0 Å². The number of carbonyl (C=O) groups excluding carboxylic acids is 1. The van der Waals surface area contributed by atoms with E-state index in [-0.39, 0.29) is 12.4 Å². The van der Waals surface area contributed by atoms with E-state index in [9.17, 15) is 13.6 Å². The smallest absolute Gasteiger partial charge is 0.459 e. The standard InChI is InChI=1S/C14H18F2O3/c1-5-18-13(17)14(15,16)19-11-6-7-12(9(2)3)10(4)8-11/h6-9H,5H2,1-4H3. The number of ether oxygens (including phenoxy) is 2. The van der Waals surface area contributed by atoms with Crippen LogP contribution in [0.3, 0.4) is 0 Å². The lowest BCUT2D eigenvalue weighted by Gasteiger charge is -2.17. The van der Waals surface area contributed by atoms with Gasteiger partial charge in [0.25, 0.3) is 0 Å². The van der Waals surface area contributed by atoms with Gasteiger partial charge in [-0.25, -0.2) is 4.79 Å². The van der Waals surface area contributed by atoms with Gasteiger partial charge in [0.2, 0.25) is 0 Å². The molecule has 0 bridgehead atoms. The van der Waals surface area contributed by atoms with E-state index in [0.717, 1.165) is 11.1 Å². The quantitative estimate of drug-likeness (QED) is 0.767. The first-order valence-corrected chi connectivity index (χ1v) is 6.12. The number of hydrogen-bond acceptors (Lipinski definition) is 3. The van der Waals surface area contributed by atoms with Crippen LogP contribution in [0.15, 0.2) is 18.2 Å². The zero-order valence-corrected chi connectivity index (χ0v) is 11.5. The topological polar surface area (TPSA) is 35.5 Å². The molecule has 0 aliphatic rings. The first kappa shape index (κ1) is 15.4. The molecule has 1 aromatic rings. The maximum atomic E-state index is 13.4. The van der Waals surface area contributed by atoms with Crippen LogP contribution < -0.4 is 4.74 Å². The van der Waals surface area contributed by atoms with Crippen molar-refractivity contribution in [1.29, 1.82) is 0 Å². The molecule has 0 atom stereocenters. The number of halogens is 2. The summed E-state index contributed by atoms with van der Waals surface area (Å²) in [6.07, 6.45) is -3.97. The highest BCUT2D eigenvalue weighted by Crippen LogP contribution is 2.27. The molecule has 0 aliphatic carbocycles. The first-order valence-electron chi connectivity index (χ1n) is 6.12. The van der Waals surface area contributed by atoms with E-state index in [1.54, 1.807) is 6.07 Å². The van der Waals surface area contributed by atoms with Crippen LogP contribution in [0.1, 0.15) is 37.8 Å². The molecular weight excluding hydrogens is 254 g/mol. The maximum absolute atomic E-state index is 13.4. The van der Waals surface area contributed by atoms with Crippen molar-refractivity contribution < 1.29 is 23.0 Å². The molecule has 0 radical (unpaired) electrons. The van der Waals surface area contributed by atoms with Gasteiger partial charge in [0.1, 0.15) is 5.75 Å². The molecular formula is C14H18F2O3. The van der Waals surface area contributed by atoms with E-state index in [1.165, 1.54) is 19.1 Å². The summed E-state index contributed by atoms with van der Waals surface area (Å²) in [6, 6.07) is 4.63. The van der Waals surface area contributed by atoms with Crippen molar-refractivity contribution in [3.8, 4) is 5.75 Å². The van der Waals surface area contributed by atoms with Crippen molar-refractivity contribution >= 4 is 5.97 Å². The van der Waals surface area contributed by atoms with E-state index in [4.69, 9.17) is 0 Å². The Bertz CT molecular complexity index is 456. The van der Waals surface area contributed by atoms with Crippen LogP contribution in [0, 0.1) is 6.92 Å². The third-order valence-corrected chi connectivity index (χ3v) is 2.62. The highest BCUT2D eigenvalue weighted by Gasteiger charge is 2.44. The average molecular weight is 272 g/mol. The molecule has 0 aromatic heterocycles. The molecule has 0 N–H and O–H groups in total. The Balaban J connectivity index is 2.88. The third-order valence-electron chi connectivity index (χ3n) is 2.62. The van der Waals surface area contributed by atoms with Crippen molar-refractivity contribution in [2.75, 3.05) is 6.61 Å². The van der Waals surface area contributed by atoms with Crippen LogP contribution in [0.25, 0.3) is 0 Å². The number of esters is 1. The van der Waals surface area contributed by atoms with Gasteiger partial charge in [0.15, 0.2) is 0 Å². The van der Waals surface area contributed by atoms with Crippen molar-refractivity contribution in [3.05, 3.63) is 29.3 Å². The molecule has 3 nitrogen and oxygen atoms in total. The zero-order chi connectivity index (χ0) is 14.6. The molecule has 0 spiro atoms. The van der Waals surface area contributed by atoms with Gasteiger partial charge in [0, 0.05) is 0 Å². The summed E-state index contributed by atoms with van der Waals surface area (Å²) in [5.74, 6) is -1.44. The Morgan fingerprint density at radius 3 is 2.47 bits per heavy atom. The van der Waals surface area contributed by atoms with E-state index in [0.29, 0.717) is 5.92 Å².